The van der Waals surface area contributed by atoms with Crippen molar-refractivity contribution in [1.29, 1.82) is 5.26 Å². The molecule has 0 saturated heterocycles. The lowest BCUT2D eigenvalue weighted by molar-refractivity contribution is -0.384. The molecule has 2 aromatic rings. The van der Waals surface area contributed by atoms with Crippen molar-refractivity contribution in [2.45, 2.75) is 0 Å². The smallest absolute Gasteiger partial charge is 0.271 e. The molecule has 0 atom stereocenters. The number of nitriles is 1. The maximum absolute atomic E-state index is 12.1. The van der Waals surface area contributed by atoms with Gasteiger partial charge in [0.25, 0.3) is 11.6 Å². The van der Waals surface area contributed by atoms with Gasteiger partial charge in [0.05, 0.1) is 4.92 Å². The van der Waals surface area contributed by atoms with Crippen LogP contribution >= 0.6 is 11.6 Å². The number of anilines is 2. The Morgan fingerprint density at radius 1 is 1.21 bits per heavy atom. The molecule has 0 aliphatic rings. The van der Waals surface area contributed by atoms with Gasteiger partial charge in [-0.1, -0.05) is 23.7 Å². The third-order valence-electron chi connectivity index (χ3n) is 2.89. The quantitative estimate of drug-likeness (QED) is 0.372. The van der Waals surface area contributed by atoms with Crippen molar-refractivity contribution in [3.05, 3.63) is 75.4 Å². The van der Waals surface area contributed by atoms with Gasteiger partial charge in [-0.25, -0.2) is 0 Å². The zero-order valence-corrected chi connectivity index (χ0v) is 12.9. The molecule has 0 aliphatic heterocycles. The molecule has 0 heterocycles. The Morgan fingerprint density at radius 3 is 2.58 bits per heavy atom. The van der Waals surface area contributed by atoms with E-state index in [1.807, 2.05) is 0 Å². The Bertz CT molecular complexity index is 858. The van der Waals surface area contributed by atoms with Crippen molar-refractivity contribution in [3.8, 4) is 6.07 Å². The van der Waals surface area contributed by atoms with Gasteiger partial charge >= 0.3 is 0 Å². The molecule has 7 nitrogen and oxygen atoms in total. The van der Waals surface area contributed by atoms with Crippen molar-refractivity contribution in [1.82, 2.24) is 0 Å². The first-order chi connectivity index (χ1) is 11.5. The van der Waals surface area contributed by atoms with Crippen molar-refractivity contribution in [2.75, 3.05) is 10.6 Å². The van der Waals surface area contributed by atoms with Crippen LogP contribution in [0.1, 0.15) is 0 Å². The summed E-state index contributed by atoms with van der Waals surface area (Å²) in [5, 5.41) is 25.6. The summed E-state index contributed by atoms with van der Waals surface area (Å²) in [5.41, 5.74) is 0.477. The zero-order valence-electron chi connectivity index (χ0n) is 12.2. The summed E-state index contributed by atoms with van der Waals surface area (Å²) in [6.45, 7) is 0. The van der Waals surface area contributed by atoms with Gasteiger partial charge in [-0.2, -0.15) is 5.26 Å². The molecule has 2 rings (SSSR count). The van der Waals surface area contributed by atoms with Gasteiger partial charge in [-0.3, -0.25) is 14.9 Å². The fraction of sp³-hybridized carbons (Fsp3) is 0. The SMILES string of the molecule is N#C/C(=C/Nc1cccc(Cl)c1)C(=O)Nc1cccc([N+](=O)[O-])c1. The summed E-state index contributed by atoms with van der Waals surface area (Å²) < 4.78 is 0. The van der Waals surface area contributed by atoms with Gasteiger partial charge in [0.2, 0.25) is 0 Å². The van der Waals surface area contributed by atoms with E-state index in [1.165, 1.54) is 30.5 Å². The maximum Gasteiger partial charge on any atom is 0.271 e. The van der Waals surface area contributed by atoms with Crippen LogP contribution in [0.4, 0.5) is 17.1 Å². The van der Waals surface area contributed by atoms with Gasteiger partial charge in [-0.05, 0) is 24.3 Å². The van der Waals surface area contributed by atoms with Crippen molar-refractivity contribution < 1.29 is 9.72 Å². The molecule has 1 amide bonds. The number of rotatable bonds is 5. The normalized spacial score (nSPS) is 10.6. The van der Waals surface area contributed by atoms with Crippen LogP contribution in [0.5, 0.6) is 0 Å². The highest BCUT2D eigenvalue weighted by Gasteiger charge is 2.12. The Hall–Kier alpha value is -3.37. The molecule has 0 bridgehead atoms. The molecule has 0 unspecified atom stereocenters. The number of carbonyl (C=O) groups is 1. The standard InChI is InChI=1S/C16H11ClN4O3/c17-12-3-1-4-13(7-12)19-10-11(9-18)16(22)20-14-5-2-6-15(8-14)21(23)24/h1-8,10,19H,(H,20,22)/b11-10-. The fourth-order valence-corrected chi connectivity index (χ4v) is 1.97. The molecule has 2 N–H and O–H groups in total. The summed E-state index contributed by atoms with van der Waals surface area (Å²) in [6.07, 6.45) is 1.23. The van der Waals surface area contributed by atoms with Crippen LogP contribution in [0.3, 0.4) is 0 Å². The second-order valence-electron chi connectivity index (χ2n) is 4.59. The number of nitrogens with zero attached hydrogens (tertiary/aromatic N) is 2. The van der Waals surface area contributed by atoms with E-state index in [0.717, 1.165) is 0 Å². The number of carbonyl (C=O) groups excluding carboxylic acids is 1. The fourth-order valence-electron chi connectivity index (χ4n) is 1.78. The molecule has 2 aromatic carbocycles. The monoisotopic (exact) mass is 342 g/mol. The van der Waals surface area contributed by atoms with Crippen LogP contribution in [0.25, 0.3) is 0 Å². The number of hydrogen-bond donors (Lipinski definition) is 2. The topological polar surface area (TPSA) is 108 Å². The summed E-state index contributed by atoms with van der Waals surface area (Å²) in [4.78, 5) is 22.2. The van der Waals surface area contributed by atoms with Crippen molar-refractivity contribution >= 4 is 34.6 Å². The van der Waals surface area contributed by atoms with E-state index in [2.05, 4.69) is 10.6 Å². The highest BCUT2D eigenvalue weighted by Crippen LogP contribution is 2.18. The van der Waals surface area contributed by atoms with Gasteiger partial charge in [-0.15, -0.1) is 0 Å². The summed E-state index contributed by atoms with van der Waals surface area (Å²) >= 11 is 5.84. The lowest BCUT2D eigenvalue weighted by Gasteiger charge is -2.05. The number of nitro groups is 1. The van der Waals surface area contributed by atoms with Crippen molar-refractivity contribution in [2.24, 2.45) is 0 Å². The van der Waals surface area contributed by atoms with Crippen LogP contribution in [-0.2, 0) is 4.79 Å². The Morgan fingerprint density at radius 2 is 1.92 bits per heavy atom. The molecule has 0 fully saturated rings. The first kappa shape index (κ1) is 17.0. The third-order valence-corrected chi connectivity index (χ3v) is 3.12. The molecular formula is C16H11ClN4O3. The molecule has 0 aromatic heterocycles. The molecule has 0 aliphatic carbocycles. The number of hydrogen-bond acceptors (Lipinski definition) is 5. The molecule has 0 saturated carbocycles. The zero-order chi connectivity index (χ0) is 17.5. The Kier molecular flexibility index (Phi) is 5.49. The van der Waals surface area contributed by atoms with Crippen LogP contribution in [0.15, 0.2) is 60.3 Å². The largest absolute Gasteiger partial charge is 0.360 e. The molecule has 8 heteroatoms. The third kappa shape index (κ3) is 4.56. The maximum atomic E-state index is 12.1. The van der Waals surface area contributed by atoms with Crippen LogP contribution < -0.4 is 10.6 Å². The minimum atomic E-state index is -0.687. The second-order valence-corrected chi connectivity index (χ2v) is 5.02. The summed E-state index contributed by atoms with van der Waals surface area (Å²) in [7, 11) is 0. The van der Waals surface area contributed by atoms with E-state index in [9.17, 15) is 14.9 Å². The molecule has 24 heavy (non-hydrogen) atoms. The van der Waals surface area contributed by atoms with Gasteiger partial charge in [0.15, 0.2) is 0 Å². The highest BCUT2D eigenvalue weighted by molar-refractivity contribution is 6.30. The average Bonchev–Trinajstić information content (AvgIpc) is 2.55. The molecular weight excluding hydrogens is 332 g/mol. The lowest BCUT2D eigenvalue weighted by atomic mass is 10.2. The Labute approximate surface area is 142 Å². The minimum Gasteiger partial charge on any atom is -0.360 e. The highest BCUT2D eigenvalue weighted by atomic mass is 35.5. The van der Waals surface area contributed by atoms with E-state index in [1.54, 1.807) is 30.3 Å². The van der Waals surface area contributed by atoms with E-state index < -0.39 is 10.8 Å². The molecule has 0 radical (unpaired) electrons. The first-order valence-corrected chi connectivity index (χ1v) is 7.05. The van der Waals surface area contributed by atoms with Crippen LogP contribution in [0.2, 0.25) is 5.02 Å². The number of nitrogens with one attached hydrogen (secondary N) is 2. The summed E-state index contributed by atoms with van der Waals surface area (Å²) in [6, 6.07) is 14.0. The number of nitro benzene ring substituents is 1. The second kappa shape index (κ2) is 7.76. The first-order valence-electron chi connectivity index (χ1n) is 6.68. The minimum absolute atomic E-state index is 0.160. The molecule has 120 valence electrons. The van der Waals surface area contributed by atoms with Gasteiger partial charge < -0.3 is 10.6 Å². The molecule has 0 spiro atoms. The summed E-state index contributed by atoms with van der Waals surface area (Å²) in [5.74, 6) is -0.687. The van der Waals surface area contributed by atoms with E-state index in [4.69, 9.17) is 16.9 Å². The predicted octanol–water partition coefficient (Wildman–Crippen LogP) is 3.71. The number of halogens is 1. The number of non-ortho nitro benzene ring substituents is 1. The van der Waals surface area contributed by atoms with E-state index >= 15 is 0 Å². The number of amides is 1. The van der Waals surface area contributed by atoms with Crippen LogP contribution in [-0.4, -0.2) is 10.8 Å². The van der Waals surface area contributed by atoms with Gasteiger partial charge in [0, 0.05) is 34.7 Å². The van der Waals surface area contributed by atoms with Crippen molar-refractivity contribution in [3.63, 3.8) is 0 Å². The van der Waals surface area contributed by atoms with Crippen LogP contribution in [0, 0.1) is 21.4 Å². The lowest BCUT2D eigenvalue weighted by Crippen LogP contribution is -2.14. The van der Waals surface area contributed by atoms with E-state index in [-0.39, 0.29) is 16.9 Å². The van der Waals surface area contributed by atoms with E-state index in [0.29, 0.717) is 10.7 Å². The predicted molar refractivity (Wildman–Crippen MR) is 90.5 cm³/mol. The Balaban J connectivity index is 2.11. The number of benzene rings is 2. The van der Waals surface area contributed by atoms with Gasteiger partial charge in [0.1, 0.15) is 11.6 Å². The average molecular weight is 343 g/mol.